The third-order valence-corrected chi connectivity index (χ3v) is 3.72. The lowest BCUT2D eigenvalue weighted by Gasteiger charge is -2.33. The highest BCUT2D eigenvalue weighted by atomic mass is 16.6. The molecule has 1 aliphatic rings. The number of ether oxygens (including phenoxy) is 1. The zero-order chi connectivity index (χ0) is 16.5. The van der Waals surface area contributed by atoms with E-state index in [9.17, 15) is 9.59 Å². The Kier molecular flexibility index (Phi) is 4.63. The second kappa shape index (κ2) is 6.15. The Labute approximate surface area is 131 Å². The summed E-state index contributed by atoms with van der Waals surface area (Å²) in [4.78, 5) is 26.5. The number of hydrogen-bond donors (Lipinski definition) is 0. The van der Waals surface area contributed by atoms with Crippen molar-refractivity contribution in [2.24, 2.45) is 5.92 Å². The lowest BCUT2D eigenvalue weighted by molar-refractivity contribution is -0.161. The molecule has 0 bridgehead atoms. The molecule has 5 heteroatoms. The minimum Gasteiger partial charge on any atom is -0.466 e. The van der Waals surface area contributed by atoms with Crippen molar-refractivity contribution in [2.45, 2.75) is 53.1 Å². The van der Waals surface area contributed by atoms with Gasteiger partial charge in [0.15, 0.2) is 0 Å². The number of amides is 1. The molecule has 1 fully saturated rings. The van der Waals surface area contributed by atoms with Gasteiger partial charge >= 0.3 is 5.97 Å². The average Bonchev–Trinajstić information content (AvgIpc) is 2.75. The molecule has 1 aliphatic heterocycles. The monoisotopic (exact) mass is 307 g/mol. The Hall–Kier alpha value is -1.78. The van der Waals surface area contributed by atoms with Gasteiger partial charge in [-0.25, -0.2) is 0 Å². The zero-order valence-corrected chi connectivity index (χ0v) is 14.1. The topological polar surface area (TPSA) is 59.8 Å². The number of likely N-dealkylation sites (tertiary alicyclic amines) is 1. The van der Waals surface area contributed by atoms with Gasteiger partial charge in [-0.05, 0) is 53.5 Å². The van der Waals surface area contributed by atoms with Crippen molar-refractivity contribution in [3.63, 3.8) is 0 Å². The van der Waals surface area contributed by atoms with Crippen LogP contribution in [0.15, 0.2) is 10.5 Å². The molecule has 0 saturated carbocycles. The molecule has 22 heavy (non-hydrogen) atoms. The van der Waals surface area contributed by atoms with Crippen LogP contribution in [0.5, 0.6) is 0 Å². The standard InChI is InChI=1S/C17H25NO4/c1-11-9-14(12(2)21-11)15(19)18-8-6-7-13(10-18)16(20)22-17(3,4)5/h9,13H,6-8,10H2,1-5H3/t13-/m0/s1. The van der Waals surface area contributed by atoms with Gasteiger partial charge in [0.25, 0.3) is 5.91 Å². The van der Waals surface area contributed by atoms with Gasteiger partial charge in [-0.2, -0.15) is 0 Å². The van der Waals surface area contributed by atoms with Crippen LogP contribution in [0.1, 0.15) is 55.5 Å². The van der Waals surface area contributed by atoms with E-state index in [4.69, 9.17) is 9.15 Å². The molecule has 122 valence electrons. The number of piperidine rings is 1. The van der Waals surface area contributed by atoms with Crippen LogP contribution in [0.3, 0.4) is 0 Å². The number of nitrogens with zero attached hydrogens (tertiary/aromatic N) is 1. The fourth-order valence-corrected chi connectivity index (χ4v) is 2.75. The highest BCUT2D eigenvalue weighted by Crippen LogP contribution is 2.24. The van der Waals surface area contributed by atoms with E-state index in [1.54, 1.807) is 17.9 Å². The van der Waals surface area contributed by atoms with Crippen molar-refractivity contribution >= 4 is 11.9 Å². The normalized spacial score (nSPS) is 19.1. The van der Waals surface area contributed by atoms with E-state index >= 15 is 0 Å². The predicted molar refractivity (Wildman–Crippen MR) is 82.7 cm³/mol. The molecule has 0 spiro atoms. The maximum Gasteiger partial charge on any atom is 0.311 e. The third kappa shape index (κ3) is 3.90. The molecule has 1 amide bonds. The quantitative estimate of drug-likeness (QED) is 0.788. The van der Waals surface area contributed by atoms with E-state index in [0.29, 0.717) is 24.4 Å². The van der Waals surface area contributed by atoms with Crippen LogP contribution < -0.4 is 0 Å². The Morgan fingerprint density at radius 2 is 2.00 bits per heavy atom. The van der Waals surface area contributed by atoms with Crippen LogP contribution in [0.4, 0.5) is 0 Å². The number of esters is 1. The number of rotatable bonds is 2. The molecule has 2 heterocycles. The van der Waals surface area contributed by atoms with Crippen molar-refractivity contribution < 1.29 is 18.7 Å². The molecule has 1 atom stereocenters. The molecular formula is C17H25NO4. The van der Waals surface area contributed by atoms with E-state index in [1.807, 2.05) is 27.7 Å². The lowest BCUT2D eigenvalue weighted by atomic mass is 9.97. The van der Waals surface area contributed by atoms with Crippen molar-refractivity contribution in [1.29, 1.82) is 0 Å². The Morgan fingerprint density at radius 1 is 1.32 bits per heavy atom. The fraction of sp³-hybridized carbons (Fsp3) is 0.647. The van der Waals surface area contributed by atoms with E-state index in [2.05, 4.69) is 0 Å². The van der Waals surface area contributed by atoms with Crippen LogP contribution in [0, 0.1) is 19.8 Å². The number of carbonyl (C=O) groups is 2. The first kappa shape index (κ1) is 16.6. The zero-order valence-electron chi connectivity index (χ0n) is 14.1. The molecule has 0 unspecified atom stereocenters. The van der Waals surface area contributed by atoms with Crippen LogP contribution >= 0.6 is 0 Å². The summed E-state index contributed by atoms with van der Waals surface area (Å²) >= 11 is 0. The molecule has 0 aliphatic carbocycles. The largest absolute Gasteiger partial charge is 0.466 e. The van der Waals surface area contributed by atoms with Gasteiger partial charge < -0.3 is 14.1 Å². The van der Waals surface area contributed by atoms with Crippen molar-refractivity contribution in [2.75, 3.05) is 13.1 Å². The summed E-state index contributed by atoms with van der Waals surface area (Å²) in [6.07, 6.45) is 1.58. The average molecular weight is 307 g/mol. The maximum absolute atomic E-state index is 12.6. The van der Waals surface area contributed by atoms with E-state index < -0.39 is 5.60 Å². The SMILES string of the molecule is Cc1cc(C(=O)N2CCC[C@H](C(=O)OC(C)(C)C)C2)c(C)o1. The summed E-state index contributed by atoms with van der Waals surface area (Å²) < 4.78 is 10.9. The van der Waals surface area contributed by atoms with Gasteiger partial charge in [-0.3, -0.25) is 9.59 Å². The summed E-state index contributed by atoms with van der Waals surface area (Å²) in [5.41, 5.74) is 0.0871. The molecule has 2 rings (SSSR count). The Balaban J connectivity index is 2.06. The molecule has 0 aromatic carbocycles. The van der Waals surface area contributed by atoms with Crippen molar-refractivity contribution in [1.82, 2.24) is 4.90 Å². The van der Waals surface area contributed by atoms with Gasteiger partial charge in [0.1, 0.15) is 17.1 Å². The first-order valence-corrected chi connectivity index (χ1v) is 7.76. The number of furan rings is 1. The molecule has 0 radical (unpaired) electrons. The number of hydrogen-bond acceptors (Lipinski definition) is 4. The van der Waals surface area contributed by atoms with Crippen molar-refractivity contribution in [3.8, 4) is 0 Å². The second-order valence-corrected chi connectivity index (χ2v) is 6.95. The molecular weight excluding hydrogens is 282 g/mol. The summed E-state index contributed by atoms with van der Waals surface area (Å²) in [5, 5.41) is 0. The highest BCUT2D eigenvalue weighted by Gasteiger charge is 2.32. The molecule has 5 nitrogen and oxygen atoms in total. The fourth-order valence-electron chi connectivity index (χ4n) is 2.75. The van der Waals surface area contributed by atoms with Gasteiger partial charge in [0.05, 0.1) is 11.5 Å². The molecule has 0 N–H and O–H groups in total. The second-order valence-electron chi connectivity index (χ2n) is 6.95. The van der Waals surface area contributed by atoms with E-state index in [-0.39, 0.29) is 17.8 Å². The first-order chi connectivity index (χ1) is 10.2. The summed E-state index contributed by atoms with van der Waals surface area (Å²) in [5.74, 6) is 0.821. The minimum absolute atomic E-state index is 0.0670. The summed E-state index contributed by atoms with van der Waals surface area (Å²) in [6, 6.07) is 1.76. The van der Waals surface area contributed by atoms with E-state index in [1.165, 1.54) is 0 Å². The maximum atomic E-state index is 12.6. The molecule has 1 aromatic heterocycles. The summed E-state index contributed by atoms with van der Waals surface area (Å²) in [6.45, 7) is 10.3. The number of carbonyl (C=O) groups excluding carboxylic acids is 2. The van der Waals surface area contributed by atoms with Crippen molar-refractivity contribution in [3.05, 3.63) is 23.2 Å². The molecule has 1 aromatic rings. The van der Waals surface area contributed by atoms with Crippen LogP contribution in [0.25, 0.3) is 0 Å². The Morgan fingerprint density at radius 3 is 2.55 bits per heavy atom. The number of aryl methyl sites for hydroxylation is 2. The van der Waals surface area contributed by atoms with Gasteiger partial charge in [-0.15, -0.1) is 0 Å². The van der Waals surface area contributed by atoms with Crippen LogP contribution in [0.2, 0.25) is 0 Å². The smallest absolute Gasteiger partial charge is 0.311 e. The van der Waals surface area contributed by atoms with Gasteiger partial charge in [0, 0.05) is 13.1 Å². The minimum atomic E-state index is -0.498. The van der Waals surface area contributed by atoms with Gasteiger partial charge in [-0.1, -0.05) is 0 Å². The van der Waals surface area contributed by atoms with E-state index in [0.717, 1.165) is 18.6 Å². The Bertz CT molecular complexity index is 568. The summed E-state index contributed by atoms with van der Waals surface area (Å²) in [7, 11) is 0. The predicted octanol–water partition coefficient (Wildman–Crippen LogP) is 3.09. The lowest BCUT2D eigenvalue weighted by Crippen LogP contribution is -2.44. The highest BCUT2D eigenvalue weighted by molar-refractivity contribution is 5.95. The molecule has 1 saturated heterocycles. The van der Waals surface area contributed by atoms with Gasteiger partial charge in [0.2, 0.25) is 0 Å². The first-order valence-electron chi connectivity index (χ1n) is 7.76. The van der Waals surface area contributed by atoms with Crippen LogP contribution in [-0.2, 0) is 9.53 Å². The third-order valence-electron chi connectivity index (χ3n) is 3.72. The van der Waals surface area contributed by atoms with Crippen LogP contribution in [-0.4, -0.2) is 35.5 Å².